The summed E-state index contributed by atoms with van der Waals surface area (Å²) >= 11 is 0. The van der Waals surface area contributed by atoms with Crippen LogP contribution in [-0.2, 0) is 12.3 Å². The number of alkyl halides is 5. The van der Waals surface area contributed by atoms with Crippen molar-refractivity contribution in [2.24, 2.45) is 5.92 Å². The van der Waals surface area contributed by atoms with Crippen LogP contribution < -0.4 is 4.74 Å². The minimum absolute atomic E-state index is 0.0926. The van der Waals surface area contributed by atoms with Crippen LogP contribution in [0.3, 0.4) is 0 Å². The van der Waals surface area contributed by atoms with E-state index < -0.39 is 63.8 Å². The molecule has 0 aromatic heterocycles. The fourth-order valence-corrected chi connectivity index (χ4v) is 4.67. The molecule has 1 atom stereocenters. The van der Waals surface area contributed by atoms with Gasteiger partial charge in [-0.15, -0.1) is 0 Å². The number of rotatable bonds is 7. The van der Waals surface area contributed by atoms with Crippen molar-refractivity contribution in [2.45, 2.75) is 51.3 Å². The lowest BCUT2D eigenvalue weighted by atomic mass is 9.91. The van der Waals surface area contributed by atoms with E-state index >= 15 is 0 Å². The lowest BCUT2D eigenvalue weighted by Gasteiger charge is -2.20. The largest absolute Gasteiger partial charge is 0.432 e. The molecular weight excluding hydrogens is 645 g/mol. The molecule has 0 heterocycles. The van der Waals surface area contributed by atoms with Gasteiger partial charge >= 0.3 is 12.3 Å². The summed E-state index contributed by atoms with van der Waals surface area (Å²) in [7, 11) is 0. The topological polar surface area (TPSA) is 9.23 Å². The van der Waals surface area contributed by atoms with Gasteiger partial charge in [0.15, 0.2) is 0 Å². The summed E-state index contributed by atoms with van der Waals surface area (Å²) in [5.74, 6) is -1.23. The van der Waals surface area contributed by atoms with Gasteiger partial charge in [0, 0.05) is 29.7 Å². The predicted molar refractivity (Wildman–Crippen MR) is 151 cm³/mol. The van der Waals surface area contributed by atoms with Crippen molar-refractivity contribution in [3.05, 3.63) is 123 Å². The first-order chi connectivity index (χ1) is 22.1. The summed E-state index contributed by atoms with van der Waals surface area (Å²) in [6, 6.07) is 3.84. The molecule has 0 amide bonds. The maximum absolute atomic E-state index is 14.7. The first-order valence-corrected chi connectivity index (χ1v) is 14.1. The Bertz CT molecular complexity index is 1800. The Kier molecular flexibility index (Phi) is 10.7. The number of halogens is 11. The van der Waals surface area contributed by atoms with E-state index in [1.807, 2.05) is 6.08 Å². The number of hydrogen-bond acceptors (Lipinski definition) is 1. The number of allylic oxidation sites excluding steroid dienone is 4. The van der Waals surface area contributed by atoms with Gasteiger partial charge in [0.2, 0.25) is 0 Å². The van der Waals surface area contributed by atoms with Crippen molar-refractivity contribution in [1.29, 1.82) is 0 Å². The van der Waals surface area contributed by atoms with Crippen LogP contribution >= 0.6 is 0 Å². The molecule has 1 aliphatic rings. The molecule has 0 aliphatic heterocycles. The van der Waals surface area contributed by atoms with Crippen molar-refractivity contribution >= 4 is 0 Å². The molecule has 0 fully saturated rings. The minimum Gasteiger partial charge on any atom is -0.429 e. The summed E-state index contributed by atoms with van der Waals surface area (Å²) in [5.41, 5.74) is -4.80. The second kappa shape index (κ2) is 14.4. The van der Waals surface area contributed by atoms with Gasteiger partial charge in [-0.05, 0) is 48.7 Å². The molecule has 0 saturated heterocycles. The van der Waals surface area contributed by atoms with Crippen molar-refractivity contribution < 1.29 is 53.0 Å². The van der Waals surface area contributed by atoms with E-state index in [0.717, 1.165) is 31.7 Å². The summed E-state index contributed by atoms with van der Waals surface area (Å²) in [5, 5.41) is 0. The zero-order valence-corrected chi connectivity index (χ0v) is 24.4. The van der Waals surface area contributed by atoms with Crippen LogP contribution in [0.25, 0.3) is 0 Å². The summed E-state index contributed by atoms with van der Waals surface area (Å²) < 4.78 is 157. The van der Waals surface area contributed by atoms with Gasteiger partial charge in [-0.25, -0.2) is 26.3 Å². The SMILES string of the molecule is CCCCCC1C=CC(C#Cc2ccc(C#Cc3cc(F)c(C(F)(F)Oc4cc(F)c(C(F)(F)F)c(F)c4)c(F)c3)c(F)c2)=C(F)C1. The highest BCUT2D eigenvalue weighted by atomic mass is 19.4. The van der Waals surface area contributed by atoms with E-state index in [4.69, 9.17) is 0 Å². The molecule has 3 aromatic rings. The van der Waals surface area contributed by atoms with Crippen molar-refractivity contribution in [3.8, 4) is 29.4 Å². The van der Waals surface area contributed by atoms with Gasteiger partial charge in [-0.1, -0.05) is 55.9 Å². The maximum atomic E-state index is 14.7. The Morgan fingerprint density at radius 1 is 0.702 bits per heavy atom. The highest BCUT2D eigenvalue weighted by Gasteiger charge is 2.43. The molecule has 1 aliphatic carbocycles. The van der Waals surface area contributed by atoms with Crippen LogP contribution in [0.15, 0.2) is 66.0 Å². The van der Waals surface area contributed by atoms with Gasteiger partial charge in [-0.2, -0.15) is 22.0 Å². The zero-order chi connectivity index (χ0) is 34.5. The quantitative estimate of drug-likeness (QED) is 0.138. The van der Waals surface area contributed by atoms with Crippen LogP contribution in [-0.4, -0.2) is 0 Å². The first kappa shape index (κ1) is 35.1. The summed E-state index contributed by atoms with van der Waals surface area (Å²) in [6.07, 6.45) is -2.72. The average molecular weight is 669 g/mol. The van der Waals surface area contributed by atoms with E-state index in [0.29, 0.717) is 12.1 Å². The van der Waals surface area contributed by atoms with E-state index in [9.17, 15) is 48.3 Å². The van der Waals surface area contributed by atoms with Gasteiger partial charge in [-0.3, -0.25) is 0 Å². The lowest BCUT2D eigenvalue weighted by Crippen LogP contribution is -2.25. The highest BCUT2D eigenvalue weighted by molar-refractivity contribution is 5.51. The van der Waals surface area contributed by atoms with E-state index in [1.165, 1.54) is 12.1 Å². The third-order valence-electron chi connectivity index (χ3n) is 6.98. The third kappa shape index (κ3) is 8.76. The number of hydrogen-bond donors (Lipinski definition) is 0. The molecule has 0 saturated carbocycles. The molecule has 0 radical (unpaired) electrons. The Labute approximate surface area is 262 Å². The number of unbranched alkanes of at least 4 members (excludes halogenated alkanes) is 2. The maximum Gasteiger partial charge on any atom is 0.432 e. The van der Waals surface area contributed by atoms with Gasteiger partial charge in [0.05, 0.1) is 11.1 Å². The van der Waals surface area contributed by atoms with Crippen LogP contribution in [0.1, 0.15) is 66.8 Å². The fraction of sp³-hybridized carbons (Fsp3) is 0.257. The van der Waals surface area contributed by atoms with Crippen LogP contribution in [0.5, 0.6) is 5.75 Å². The zero-order valence-electron chi connectivity index (χ0n) is 24.4. The molecule has 246 valence electrons. The lowest BCUT2D eigenvalue weighted by molar-refractivity contribution is -0.189. The van der Waals surface area contributed by atoms with Crippen molar-refractivity contribution in [3.63, 3.8) is 0 Å². The van der Waals surface area contributed by atoms with Crippen LogP contribution in [0.4, 0.5) is 48.3 Å². The van der Waals surface area contributed by atoms with Crippen LogP contribution in [0, 0.1) is 58.7 Å². The second-order valence-corrected chi connectivity index (χ2v) is 10.5. The molecule has 12 heteroatoms. The molecule has 4 rings (SSSR count). The van der Waals surface area contributed by atoms with Gasteiger partial charge < -0.3 is 4.74 Å². The standard InChI is InChI=1S/C35H23F11O/c1-2-3-4-5-20-6-10-23(26(36)14-20)11-7-21-8-12-24(27(37)15-21)13-9-22-16-28(38)33(29(39)17-22)35(45,46)47-25-18-30(40)32(31(41)19-25)34(42,43)44/h6,8,10,12,15-20H,2-5,14H2,1H3. The monoisotopic (exact) mass is 668 g/mol. The number of ether oxygens (including phenoxy) is 1. The van der Waals surface area contributed by atoms with Crippen molar-refractivity contribution in [2.75, 3.05) is 0 Å². The molecule has 1 unspecified atom stereocenters. The fourth-order valence-electron chi connectivity index (χ4n) is 4.67. The Balaban J connectivity index is 1.49. The van der Waals surface area contributed by atoms with Gasteiger partial charge in [0.25, 0.3) is 0 Å². The smallest absolute Gasteiger partial charge is 0.429 e. The van der Waals surface area contributed by atoms with Gasteiger partial charge in [0.1, 0.15) is 51.8 Å². The normalized spacial score (nSPS) is 14.8. The molecule has 3 aromatic carbocycles. The van der Waals surface area contributed by atoms with Crippen molar-refractivity contribution in [1.82, 2.24) is 0 Å². The molecule has 0 spiro atoms. The molecule has 0 N–H and O–H groups in total. The second-order valence-electron chi connectivity index (χ2n) is 10.5. The average Bonchev–Trinajstić information content (AvgIpc) is 2.94. The van der Waals surface area contributed by atoms with Crippen LogP contribution in [0.2, 0.25) is 0 Å². The number of benzene rings is 3. The summed E-state index contributed by atoms with van der Waals surface area (Å²) in [6.45, 7) is 2.08. The molecule has 0 bridgehead atoms. The summed E-state index contributed by atoms with van der Waals surface area (Å²) in [4.78, 5) is 0. The molecule has 1 nitrogen and oxygen atoms in total. The predicted octanol–water partition coefficient (Wildman–Crippen LogP) is 10.7. The molecular formula is C35H23F11O. The van der Waals surface area contributed by atoms with E-state index in [2.05, 4.69) is 35.3 Å². The third-order valence-corrected chi connectivity index (χ3v) is 6.98. The highest BCUT2D eigenvalue weighted by Crippen LogP contribution is 2.39. The Hall–Kier alpha value is -4.71. The minimum atomic E-state index is -5.49. The molecule has 47 heavy (non-hydrogen) atoms. The Morgan fingerprint density at radius 2 is 1.30 bits per heavy atom. The van der Waals surface area contributed by atoms with E-state index in [-0.39, 0.29) is 47.0 Å². The first-order valence-electron chi connectivity index (χ1n) is 14.1. The Morgan fingerprint density at radius 3 is 1.87 bits per heavy atom. The van der Waals surface area contributed by atoms with E-state index in [1.54, 1.807) is 6.08 Å².